The van der Waals surface area contributed by atoms with Gasteiger partial charge in [0.15, 0.2) is 9.84 Å². The minimum atomic E-state index is -3.03. The predicted molar refractivity (Wildman–Crippen MR) is 67.8 cm³/mol. The Kier molecular flexibility index (Phi) is 3.51. The van der Waals surface area contributed by atoms with Crippen molar-refractivity contribution >= 4 is 21.6 Å². The van der Waals surface area contributed by atoms with E-state index >= 15 is 0 Å². The lowest BCUT2D eigenvalue weighted by atomic mass is 10.1. The summed E-state index contributed by atoms with van der Waals surface area (Å²) in [5.41, 5.74) is 5.87. The van der Waals surface area contributed by atoms with Gasteiger partial charge in [-0.2, -0.15) is 0 Å². The van der Waals surface area contributed by atoms with Crippen LogP contribution >= 0.6 is 0 Å². The summed E-state index contributed by atoms with van der Waals surface area (Å²) in [5, 5.41) is 2.69. The summed E-state index contributed by atoms with van der Waals surface area (Å²) in [4.78, 5) is 15.7. The van der Waals surface area contributed by atoms with Crippen molar-refractivity contribution in [3.05, 3.63) is 23.9 Å². The van der Waals surface area contributed by atoms with E-state index in [2.05, 4.69) is 10.3 Å². The Hall–Kier alpha value is -1.63. The normalized spacial score (nSPS) is 22.3. The van der Waals surface area contributed by atoms with Crippen LogP contribution in [-0.4, -0.2) is 36.9 Å². The fourth-order valence-corrected chi connectivity index (χ4v) is 3.65. The monoisotopic (exact) mass is 269 g/mol. The zero-order valence-electron chi connectivity index (χ0n) is 9.80. The molecule has 2 rings (SSSR count). The van der Waals surface area contributed by atoms with Crippen LogP contribution in [-0.2, 0) is 9.84 Å². The largest absolute Gasteiger partial charge is 0.383 e. The van der Waals surface area contributed by atoms with Gasteiger partial charge in [-0.3, -0.25) is 4.79 Å². The third-order valence-electron chi connectivity index (χ3n) is 2.88. The second-order valence-electron chi connectivity index (χ2n) is 4.36. The van der Waals surface area contributed by atoms with E-state index in [4.69, 9.17) is 5.73 Å². The first kappa shape index (κ1) is 12.8. The molecule has 6 nitrogen and oxygen atoms in total. The molecule has 98 valence electrons. The number of nitrogen functional groups attached to an aromatic ring is 1. The van der Waals surface area contributed by atoms with Crippen molar-refractivity contribution in [3.63, 3.8) is 0 Å². The molecule has 0 saturated carbocycles. The van der Waals surface area contributed by atoms with Crippen molar-refractivity contribution in [2.45, 2.75) is 18.9 Å². The summed E-state index contributed by atoms with van der Waals surface area (Å²) in [6.45, 7) is 0. The molecule has 1 amide bonds. The molecular weight excluding hydrogens is 254 g/mol. The molecule has 1 saturated heterocycles. The summed E-state index contributed by atoms with van der Waals surface area (Å²) >= 11 is 0. The first-order valence-corrected chi connectivity index (χ1v) is 7.52. The van der Waals surface area contributed by atoms with Gasteiger partial charge in [0.05, 0.1) is 17.1 Å². The van der Waals surface area contributed by atoms with Crippen LogP contribution in [0.5, 0.6) is 0 Å². The number of nitrogens with one attached hydrogen (secondary N) is 1. The minimum absolute atomic E-state index is 0.00108. The second-order valence-corrected chi connectivity index (χ2v) is 6.59. The number of hydrogen-bond donors (Lipinski definition) is 2. The van der Waals surface area contributed by atoms with Crippen LogP contribution in [0.2, 0.25) is 0 Å². The molecule has 1 atom stereocenters. The topological polar surface area (TPSA) is 102 Å². The summed E-state index contributed by atoms with van der Waals surface area (Å²) < 4.78 is 22.9. The Morgan fingerprint density at radius 2 is 2.28 bits per heavy atom. The molecule has 1 aromatic rings. The maximum absolute atomic E-state index is 11.9. The number of carbonyl (C=O) groups is 1. The fraction of sp³-hybridized carbons (Fsp3) is 0.455. The Morgan fingerprint density at radius 3 is 2.94 bits per heavy atom. The van der Waals surface area contributed by atoms with Crippen LogP contribution in [0.15, 0.2) is 18.3 Å². The van der Waals surface area contributed by atoms with Crippen LogP contribution in [0.1, 0.15) is 23.2 Å². The highest BCUT2D eigenvalue weighted by molar-refractivity contribution is 7.91. The van der Waals surface area contributed by atoms with Crippen LogP contribution < -0.4 is 11.1 Å². The molecule has 1 aliphatic rings. The highest BCUT2D eigenvalue weighted by Gasteiger charge is 2.26. The number of sulfone groups is 1. The molecule has 0 aromatic carbocycles. The van der Waals surface area contributed by atoms with E-state index in [-0.39, 0.29) is 34.8 Å². The lowest BCUT2D eigenvalue weighted by Crippen LogP contribution is -2.43. The van der Waals surface area contributed by atoms with Gasteiger partial charge in [-0.1, -0.05) is 0 Å². The molecule has 3 N–H and O–H groups in total. The highest BCUT2D eigenvalue weighted by atomic mass is 32.2. The van der Waals surface area contributed by atoms with Crippen molar-refractivity contribution in [1.82, 2.24) is 10.3 Å². The van der Waals surface area contributed by atoms with E-state index in [1.807, 2.05) is 0 Å². The third kappa shape index (κ3) is 2.98. The summed E-state index contributed by atoms with van der Waals surface area (Å²) in [6, 6.07) is 2.84. The van der Waals surface area contributed by atoms with Gasteiger partial charge in [-0.25, -0.2) is 13.4 Å². The van der Waals surface area contributed by atoms with Crippen molar-refractivity contribution in [2.24, 2.45) is 0 Å². The fourth-order valence-electron chi connectivity index (χ4n) is 2.01. The molecule has 1 unspecified atom stereocenters. The van der Waals surface area contributed by atoms with Gasteiger partial charge in [-0.05, 0) is 25.0 Å². The van der Waals surface area contributed by atoms with Crippen LogP contribution in [0.25, 0.3) is 0 Å². The Morgan fingerprint density at radius 1 is 1.50 bits per heavy atom. The molecular formula is C11H15N3O3S. The van der Waals surface area contributed by atoms with Gasteiger partial charge in [-0.15, -0.1) is 0 Å². The number of hydrogen-bond acceptors (Lipinski definition) is 5. The first-order valence-electron chi connectivity index (χ1n) is 5.70. The van der Waals surface area contributed by atoms with E-state index in [1.54, 1.807) is 12.1 Å². The molecule has 1 fully saturated rings. The maximum atomic E-state index is 11.9. The Balaban J connectivity index is 2.06. The van der Waals surface area contributed by atoms with Crippen LogP contribution in [0, 0.1) is 0 Å². The Bertz CT molecular complexity index is 556. The summed E-state index contributed by atoms with van der Waals surface area (Å²) in [6.07, 6.45) is 2.75. The number of pyridine rings is 1. The number of nitrogens with zero attached hydrogens (tertiary/aromatic N) is 1. The molecule has 0 aliphatic carbocycles. The molecule has 0 bridgehead atoms. The second kappa shape index (κ2) is 4.93. The van der Waals surface area contributed by atoms with Crippen LogP contribution in [0.3, 0.4) is 0 Å². The van der Waals surface area contributed by atoms with E-state index in [0.29, 0.717) is 12.8 Å². The molecule has 18 heavy (non-hydrogen) atoms. The lowest BCUT2D eigenvalue weighted by Gasteiger charge is -2.23. The van der Waals surface area contributed by atoms with Gasteiger partial charge in [0.25, 0.3) is 5.91 Å². The third-order valence-corrected chi connectivity index (χ3v) is 4.70. The van der Waals surface area contributed by atoms with Crippen molar-refractivity contribution < 1.29 is 13.2 Å². The molecule has 0 spiro atoms. The molecule has 7 heteroatoms. The number of amides is 1. The Labute approximate surface area is 106 Å². The average molecular weight is 269 g/mol. The number of anilines is 1. The molecule has 1 aliphatic heterocycles. The number of aromatic nitrogens is 1. The number of carbonyl (C=O) groups excluding carboxylic acids is 1. The van der Waals surface area contributed by atoms with Gasteiger partial charge in [0, 0.05) is 12.2 Å². The zero-order valence-corrected chi connectivity index (χ0v) is 10.6. The highest BCUT2D eigenvalue weighted by Crippen LogP contribution is 2.14. The van der Waals surface area contributed by atoms with Gasteiger partial charge >= 0.3 is 0 Å². The maximum Gasteiger partial charge on any atom is 0.255 e. The first-order chi connectivity index (χ1) is 8.48. The standard InChI is InChI=1S/C11H15N3O3S/c12-10-9(4-1-5-13-10)11(15)14-8-3-2-6-18(16,17)7-8/h1,4-5,8H,2-3,6-7H2,(H2,12,13)(H,14,15). The smallest absolute Gasteiger partial charge is 0.255 e. The van der Waals surface area contributed by atoms with Crippen LogP contribution in [0.4, 0.5) is 5.82 Å². The minimum Gasteiger partial charge on any atom is -0.383 e. The number of rotatable bonds is 2. The van der Waals surface area contributed by atoms with Gasteiger partial charge in [0.2, 0.25) is 0 Å². The van der Waals surface area contributed by atoms with E-state index in [1.165, 1.54) is 6.20 Å². The molecule has 1 aromatic heterocycles. The zero-order chi connectivity index (χ0) is 13.2. The molecule has 0 radical (unpaired) electrons. The van der Waals surface area contributed by atoms with Crippen molar-refractivity contribution in [3.8, 4) is 0 Å². The van der Waals surface area contributed by atoms with Crippen molar-refractivity contribution in [1.29, 1.82) is 0 Å². The average Bonchev–Trinajstić information content (AvgIpc) is 2.28. The van der Waals surface area contributed by atoms with Gasteiger partial charge in [0.1, 0.15) is 5.82 Å². The molecule has 2 heterocycles. The quantitative estimate of drug-likeness (QED) is 0.785. The predicted octanol–water partition coefficient (Wildman–Crippen LogP) is -0.0292. The SMILES string of the molecule is Nc1ncccc1C(=O)NC1CCCS(=O)(=O)C1. The van der Waals surface area contributed by atoms with E-state index < -0.39 is 9.84 Å². The number of nitrogens with two attached hydrogens (primary N) is 1. The summed E-state index contributed by atoms with van der Waals surface area (Å²) in [5.74, 6) is -0.0239. The lowest BCUT2D eigenvalue weighted by molar-refractivity contribution is 0.0939. The summed E-state index contributed by atoms with van der Waals surface area (Å²) in [7, 11) is -3.03. The van der Waals surface area contributed by atoms with Crippen molar-refractivity contribution in [2.75, 3.05) is 17.2 Å². The van der Waals surface area contributed by atoms with E-state index in [0.717, 1.165) is 0 Å². The van der Waals surface area contributed by atoms with Gasteiger partial charge < -0.3 is 11.1 Å². The van der Waals surface area contributed by atoms with E-state index in [9.17, 15) is 13.2 Å².